The predicted molar refractivity (Wildman–Crippen MR) is 82.7 cm³/mol. The van der Waals surface area contributed by atoms with Crippen LogP contribution in [0.4, 0.5) is 23.2 Å². The van der Waals surface area contributed by atoms with Crippen molar-refractivity contribution in [1.82, 2.24) is 5.32 Å². The Bertz CT molecular complexity index is 796. The van der Waals surface area contributed by atoms with Crippen LogP contribution in [0.3, 0.4) is 0 Å². The smallest absolute Gasteiger partial charge is 0.243 e. The van der Waals surface area contributed by atoms with Gasteiger partial charge in [0.25, 0.3) is 0 Å². The second kappa shape index (κ2) is 8.27. The summed E-state index contributed by atoms with van der Waals surface area (Å²) in [6.07, 6.45) is 0.150. The molecule has 2 aromatic carbocycles. The van der Waals surface area contributed by atoms with Crippen LogP contribution in [0.5, 0.6) is 0 Å². The summed E-state index contributed by atoms with van der Waals surface area (Å²) >= 11 is 0. The van der Waals surface area contributed by atoms with Crippen molar-refractivity contribution < 1.29 is 27.2 Å². The maximum Gasteiger partial charge on any atom is 0.243 e. The van der Waals surface area contributed by atoms with E-state index in [1.807, 2.05) is 0 Å². The molecule has 0 aliphatic carbocycles. The van der Waals surface area contributed by atoms with Crippen LogP contribution in [0, 0.1) is 23.3 Å². The summed E-state index contributed by atoms with van der Waals surface area (Å²) < 4.78 is 51.6. The highest BCUT2D eigenvalue weighted by molar-refractivity contribution is 5.94. The van der Waals surface area contributed by atoms with Crippen LogP contribution in [0.2, 0.25) is 0 Å². The molecule has 25 heavy (non-hydrogen) atoms. The number of carbonyl (C=O) groups is 2. The maximum absolute atomic E-state index is 13.0. The Kier molecular flexibility index (Phi) is 6.10. The van der Waals surface area contributed by atoms with Gasteiger partial charge in [-0.15, -0.1) is 0 Å². The lowest BCUT2D eigenvalue weighted by Gasteiger charge is -2.07. The summed E-state index contributed by atoms with van der Waals surface area (Å²) in [6, 6.07) is 6.20. The van der Waals surface area contributed by atoms with E-state index < -0.39 is 35.1 Å². The molecule has 2 aromatic rings. The van der Waals surface area contributed by atoms with Gasteiger partial charge in [0.05, 0.1) is 6.54 Å². The zero-order valence-corrected chi connectivity index (χ0v) is 12.9. The van der Waals surface area contributed by atoms with E-state index in [1.165, 1.54) is 12.1 Å². The monoisotopic (exact) mass is 354 g/mol. The molecule has 0 bridgehead atoms. The fourth-order valence-corrected chi connectivity index (χ4v) is 2.00. The Morgan fingerprint density at radius 1 is 0.800 bits per heavy atom. The quantitative estimate of drug-likeness (QED) is 0.784. The Hall–Kier alpha value is -2.90. The molecule has 0 aliphatic heterocycles. The van der Waals surface area contributed by atoms with E-state index in [9.17, 15) is 27.2 Å². The van der Waals surface area contributed by atoms with Crippen LogP contribution >= 0.6 is 0 Å². The lowest BCUT2D eigenvalue weighted by Crippen LogP contribution is -2.33. The zero-order valence-electron chi connectivity index (χ0n) is 12.9. The van der Waals surface area contributed by atoms with Crippen LogP contribution in [-0.4, -0.2) is 18.4 Å². The van der Waals surface area contributed by atoms with E-state index in [0.717, 1.165) is 24.3 Å². The molecule has 8 heteroatoms. The highest BCUT2D eigenvalue weighted by Gasteiger charge is 2.09. The van der Waals surface area contributed by atoms with Gasteiger partial charge in [-0.2, -0.15) is 0 Å². The number of nitrogens with one attached hydrogen (secondary N) is 2. The molecular formula is C17H14F4N2O2. The van der Waals surface area contributed by atoms with Crippen molar-refractivity contribution in [2.24, 2.45) is 0 Å². The van der Waals surface area contributed by atoms with Gasteiger partial charge in [-0.1, -0.05) is 6.07 Å². The molecule has 132 valence electrons. The van der Waals surface area contributed by atoms with Gasteiger partial charge in [0.1, 0.15) is 0 Å². The third kappa shape index (κ3) is 5.59. The second-order valence-corrected chi connectivity index (χ2v) is 5.20. The van der Waals surface area contributed by atoms with Crippen LogP contribution in [0.25, 0.3) is 0 Å². The normalized spacial score (nSPS) is 10.4. The molecule has 0 saturated carbocycles. The Morgan fingerprint density at radius 3 is 2.08 bits per heavy atom. The number of aryl methyl sites for hydroxylation is 1. The minimum atomic E-state index is -1.10. The Balaban J connectivity index is 1.76. The number of rotatable bonds is 6. The third-order valence-corrected chi connectivity index (χ3v) is 3.27. The van der Waals surface area contributed by atoms with Gasteiger partial charge in [0.2, 0.25) is 11.8 Å². The zero-order chi connectivity index (χ0) is 18.4. The summed E-state index contributed by atoms with van der Waals surface area (Å²) in [6.45, 7) is -0.365. The Morgan fingerprint density at radius 2 is 1.44 bits per heavy atom. The number of carbonyl (C=O) groups excluding carboxylic acids is 2. The third-order valence-electron chi connectivity index (χ3n) is 3.27. The molecule has 0 saturated heterocycles. The molecule has 0 aliphatic rings. The van der Waals surface area contributed by atoms with Gasteiger partial charge in [-0.3, -0.25) is 9.59 Å². The molecule has 0 atom stereocenters. The lowest BCUT2D eigenvalue weighted by atomic mass is 10.1. The SMILES string of the molecule is O=C(CCc1ccc(F)c(F)c1)NCC(=O)Nc1ccc(F)c(F)c1. The number of halogens is 4. The van der Waals surface area contributed by atoms with Crippen LogP contribution in [-0.2, 0) is 16.0 Å². The van der Waals surface area contributed by atoms with E-state index in [-0.39, 0.29) is 25.1 Å². The van der Waals surface area contributed by atoms with E-state index >= 15 is 0 Å². The van der Waals surface area contributed by atoms with E-state index in [2.05, 4.69) is 10.6 Å². The summed E-state index contributed by atoms with van der Waals surface area (Å²) in [4.78, 5) is 23.3. The first-order valence-electron chi connectivity index (χ1n) is 7.30. The van der Waals surface area contributed by atoms with Gasteiger partial charge < -0.3 is 10.6 Å². The van der Waals surface area contributed by atoms with Gasteiger partial charge >= 0.3 is 0 Å². The van der Waals surface area contributed by atoms with Crippen molar-refractivity contribution in [2.75, 3.05) is 11.9 Å². The molecule has 2 rings (SSSR count). The number of amides is 2. The van der Waals surface area contributed by atoms with E-state index in [1.54, 1.807) is 0 Å². The van der Waals surface area contributed by atoms with Gasteiger partial charge in [0.15, 0.2) is 23.3 Å². The van der Waals surface area contributed by atoms with Crippen molar-refractivity contribution in [2.45, 2.75) is 12.8 Å². The number of anilines is 1. The fourth-order valence-electron chi connectivity index (χ4n) is 2.00. The van der Waals surface area contributed by atoms with Crippen LogP contribution in [0.15, 0.2) is 36.4 Å². The highest BCUT2D eigenvalue weighted by atomic mass is 19.2. The molecule has 2 amide bonds. The van der Waals surface area contributed by atoms with Crippen molar-refractivity contribution in [1.29, 1.82) is 0 Å². The molecule has 0 heterocycles. The Labute approximate surface area is 140 Å². The number of hydrogen-bond donors (Lipinski definition) is 2. The second-order valence-electron chi connectivity index (χ2n) is 5.20. The van der Waals surface area contributed by atoms with Crippen molar-refractivity contribution >= 4 is 17.5 Å². The molecule has 2 N–H and O–H groups in total. The molecule has 0 radical (unpaired) electrons. The van der Waals surface area contributed by atoms with E-state index in [4.69, 9.17) is 0 Å². The van der Waals surface area contributed by atoms with Crippen molar-refractivity contribution in [3.63, 3.8) is 0 Å². The van der Waals surface area contributed by atoms with Crippen LogP contribution in [0.1, 0.15) is 12.0 Å². The standard InChI is InChI=1S/C17H14F4N2O2/c18-12-4-1-10(7-14(12)20)2-6-16(24)22-9-17(25)23-11-3-5-13(19)15(21)8-11/h1,3-5,7-8H,2,6,9H2,(H,22,24)(H,23,25). The number of hydrogen-bond acceptors (Lipinski definition) is 2. The average molecular weight is 354 g/mol. The largest absolute Gasteiger partial charge is 0.347 e. The summed E-state index contributed by atoms with van der Waals surface area (Å²) in [5.74, 6) is -5.19. The van der Waals surface area contributed by atoms with Crippen LogP contribution < -0.4 is 10.6 Å². The predicted octanol–water partition coefficient (Wildman–Crippen LogP) is 2.93. The molecule has 0 spiro atoms. The lowest BCUT2D eigenvalue weighted by molar-refractivity contribution is -0.124. The minimum Gasteiger partial charge on any atom is -0.347 e. The molecule has 0 aromatic heterocycles. The van der Waals surface area contributed by atoms with Gasteiger partial charge in [-0.05, 0) is 36.2 Å². The number of benzene rings is 2. The molecule has 0 unspecified atom stereocenters. The van der Waals surface area contributed by atoms with Crippen molar-refractivity contribution in [3.05, 3.63) is 65.2 Å². The van der Waals surface area contributed by atoms with Crippen molar-refractivity contribution in [3.8, 4) is 0 Å². The summed E-state index contributed by atoms with van der Waals surface area (Å²) in [7, 11) is 0. The molecule has 4 nitrogen and oxygen atoms in total. The highest BCUT2D eigenvalue weighted by Crippen LogP contribution is 2.13. The first kappa shape index (κ1) is 18.4. The first-order valence-corrected chi connectivity index (χ1v) is 7.30. The summed E-state index contributed by atoms with van der Waals surface area (Å²) in [5.41, 5.74) is 0.500. The fraction of sp³-hybridized carbons (Fsp3) is 0.176. The van der Waals surface area contributed by atoms with Gasteiger partial charge in [-0.25, -0.2) is 17.6 Å². The van der Waals surface area contributed by atoms with Gasteiger partial charge in [0, 0.05) is 18.2 Å². The van der Waals surface area contributed by atoms with E-state index in [0.29, 0.717) is 5.56 Å². The average Bonchev–Trinajstić information content (AvgIpc) is 2.57. The molecule has 0 fully saturated rings. The molecular weight excluding hydrogens is 340 g/mol. The maximum atomic E-state index is 13.0. The first-order chi connectivity index (χ1) is 11.8. The minimum absolute atomic E-state index is 0.0243. The topological polar surface area (TPSA) is 58.2 Å². The summed E-state index contributed by atoms with van der Waals surface area (Å²) in [5, 5.41) is 4.64.